The standard InChI is InChI=1S/C23H17N3O2S/c27-21(15-29-23-20-9-5-4-8-18(20)14-24-26-23)16-10-12-19(13-11-16)25-22(28)17-6-2-1-3-7-17/h1-14H,15H2,(H,25,28). The summed E-state index contributed by atoms with van der Waals surface area (Å²) >= 11 is 1.37. The van der Waals surface area contributed by atoms with Crippen molar-refractivity contribution >= 4 is 39.9 Å². The number of fused-ring (bicyclic) bond motifs is 1. The van der Waals surface area contributed by atoms with E-state index in [1.807, 2.05) is 42.5 Å². The van der Waals surface area contributed by atoms with Gasteiger partial charge in [-0.15, -0.1) is 5.10 Å². The lowest BCUT2D eigenvalue weighted by molar-refractivity contribution is 0.101. The molecule has 1 amide bonds. The zero-order chi connectivity index (χ0) is 20.1. The second-order valence-electron chi connectivity index (χ2n) is 6.35. The largest absolute Gasteiger partial charge is 0.322 e. The third kappa shape index (κ3) is 4.50. The molecule has 0 fully saturated rings. The first-order valence-corrected chi connectivity index (χ1v) is 10.0. The monoisotopic (exact) mass is 399 g/mol. The Hall–Kier alpha value is -3.51. The van der Waals surface area contributed by atoms with Crippen molar-refractivity contribution in [2.75, 3.05) is 11.1 Å². The van der Waals surface area contributed by atoms with Crippen LogP contribution in [-0.4, -0.2) is 27.6 Å². The molecule has 0 aliphatic rings. The number of hydrogen-bond acceptors (Lipinski definition) is 5. The van der Waals surface area contributed by atoms with Crippen LogP contribution in [0.5, 0.6) is 0 Å². The fourth-order valence-electron chi connectivity index (χ4n) is 2.86. The van der Waals surface area contributed by atoms with E-state index in [-0.39, 0.29) is 17.4 Å². The predicted octanol–water partition coefficient (Wildman–Crippen LogP) is 4.86. The second kappa shape index (κ2) is 8.67. The SMILES string of the molecule is O=C(CSc1nncc2ccccc12)c1ccc(NC(=O)c2ccccc2)cc1. The highest BCUT2D eigenvalue weighted by molar-refractivity contribution is 8.00. The lowest BCUT2D eigenvalue weighted by Crippen LogP contribution is -2.11. The molecule has 4 rings (SSSR count). The molecule has 0 atom stereocenters. The molecule has 0 unspecified atom stereocenters. The Morgan fingerprint density at radius 3 is 2.34 bits per heavy atom. The van der Waals surface area contributed by atoms with Gasteiger partial charge >= 0.3 is 0 Å². The van der Waals surface area contributed by atoms with Gasteiger partial charge in [0.2, 0.25) is 0 Å². The molecule has 5 nitrogen and oxygen atoms in total. The van der Waals surface area contributed by atoms with Gasteiger partial charge in [-0.25, -0.2) is 0 Å². The third-order valence-corrected chi connectivity index (χ3v) is 5.36. The summed E-state index contributed by atoms with van der Waals surface area (Å²) in [5.74, 6) is 0.0683. The Kier molecular flexibility index (Phi) is 5.63. The Morgan fingerprint density at radius 1 is 0.828 bits per heavy atom. The van der Waals surface area contributed by atoms with Crippen molar-refractivity contribution in [1.82, 2.24) is 10.2 Å². The average Bonchev–Trinajstić information content (AvgIpc) is 2.78. The molecule has 0 saturated carbocycles. The van der Waals surface area contributed by atoms with Crippen molar-refractivity contribution in [3.05, 3.63) is 96.2 Å². The van der Waals surface area contributed by atoms with Gasteiger partial charge in [-0.05, 0) is 36.4 Å². The van der Waals surface area contributed by atoms with E-state index in [0.717, 1.165) is 15.8 Å². The van der Waals surface area contributed by atoms with E-state index in [2.05, 4.69) is 15.5 Å². The van der Waals surface area contributed by atoms with Crippen LogP contribution >= 0.6 is 11.8 Å². The van der Waals surface area contributed by atoms with Gasteiger partial charge in [0, 0.05) is 27.6 Å². The Morgan fingerprint density at radius 2 is 1.55 bits per heavy atom. The number of amides is 1. The maximum absolute atomic E-state index is 12.6. The van der Waals surface area contributed by atoms with Crippen molar-refractivity contribution in [2.45, 2.75) is 5.03 Å². The molecule has 142 valence electrons. The highest BCUT2D eigenvalue weighted by Gasteiger charge is 2.11. The molecule has 0 saturated heterocycles. The number of rotatable bonds is 6. The minimum atomic E-state index is -0.185. The number of hydrogen-bond donors (Lipinski definition) is 1. The van der Waals surface area contributed by atoms with Gasteiger partial charge in [0.15, 0.2) is 5.78 Å². The zero-order valence-corrected chi connectivity index (χ0v) is 16.2. The van der Waals surface area contributed by atoms with E-state index in [1.54, 1.807) is 42.6 Å². The van der Waals surface area contributed by atoms with E-state index in [1.165, 1.54) is 11.8 Å². The Balaban J connectivity index is 1.40. The van der Waals surface area contributed by atoms with E-state index in [4.69, 9.17) is 0 Å². The first-order chi connectivity index (χ1) is 14.2. The first-order valence-electron chi connectivity index (χ1n) is 9.03. The molecule has 1 heterocycles. The number of anilines is 1. The van der Waals surface area contributed by atoms with E-state index in [0.29, 0.717) is 16.8 Å². The molecule has 29 heavy (non-hydrogen) atoms. The van der Waals surface area contributed by atoms with Crippen LogP contribution < -0.4 is 5.32 Å². The summed E-state index contributed by atoms with van der Waals surface area (Å²) in [6.45, 7) is 0. The highest BCUT2D eigenvalue weighted by Crippen LogP contribution is 2.25. The molecular weight excluding hydrogens is 382 g/mol. The number of benzene rings is 3. The summed E-state index contributed by atoms with van der Waals surface area (Å²) in [4.78, 5) is 24.8. The number of ketones is 1. The molecule has 3 aromatic carbocycles. The molecule has 1 aromatic heterocycles. The van der Waals surface area contributed by atoms with Crippen molar-refractivity contribution in [1.29, 1.82) is 0 Å². The van der Waals surface area contributed by atoms with Crippen LogP contribution in [0.2, 0.25) is 0 Å². The van der Waals surface area contributed by atoms with Crippen LogP contribution in [0.4, 0.5) is 5.69 Å². The van der Waals surface area contributed by atoms with Crippen molar-refractivity contribution in [3.8, 4) is 0 Å². The fraction of sp³-hybridized carbons (Fsp3) is 0.0435. The van der Waals surface area contributed by atoms with Crippen molar-refractivity contribution < 1.29 is 9.59 Å². The van der Waals surface area contributed by atoms with Crippen molar-refractivity contribution in [2.24, 2.45) is 0 Å². The summed E-state index contributed by atoms with van der Waals surface area (Å²) in [7, 11) is 0. The average molecular weight is 399 g/mol. The lowest BCUT2D eigenvalue weighted by atomic mass is 10.1. The molecule has 1 N–H and O–H groups in total. The molecule has 0 spiro atoms. The highest BCUT2D eigenvalue weighted by atomic mass is 32.2. The summed E-state index contributed by atoms with van der Waals surface area (Å²) in [5.41, 5.74) is 1.81. The number of Topliss-reactive ketones (excluding diaryl/α,β-unsaturated/α-hetero) is 1. The van der Waals surface area contributed by atoms with Crippen molar-refractivity contribution in [3.63, 3.8) is 0 Å². The van der Waals surface area contributed by atoms with E-state index >= 15 is 0 Å². The minimum Gasteiger partial charge on any atom is -0.322 e. The smallest absolute Gasteiger partial charge is 0.255 e. The molecule has 0 aliphatic carbocycles. The third-order valence-electron chi connectivity index (χ3n) is 4.38. The summed E-state index contributed by atoms with van der Waals surface area (Å²) < 4.78 is 0. The van der Waals surface area contributed by atoms with Gasteiger partial charge in [0.1, 0.15) is 5.03 Å². The normalized spacial score (nSPS) is 10.6. The molecule has 0 bridgehead atoms. The Labute approximate surface area is 172 Å². The first kappa shape index (κ1) is 18.8. The minimum absolute atomic E-state index is 0.00864. The number of carbonyl (C=O) groups is 2. The number of thioether (sulfide) groups is 1. The van der Waals surface area contributed by atoms with Crippen LogP contribution in [-0.2, 0) is 0 Å². The van der Waals surface area contributed by atoms with E-state index in [9.17, 15) is 9.59 Å². The topological polar surface area (TPSA) is 72.0 Å². The van der Waals surface area contributed by atoms with Crippen LogP contribution in [0.3, 0.4) is 0 Å². The quantitative estimate of drug-likeness (QED) is 0.370. The Bertz CT molecular complexity index is 1160. The van der Waals surface area contributed by atoms with Gasteiger partial charge in [0.05, 0.1) is 11.9 Å². The van der Waals surface area contributed by atoms with Gasteiger partial charge in [-0.2, -0.15) is 5.10 Å². The number of nitrogens with zero attached hydrogens (tertiary/aromatic N) is 2. The molecule has 6 heteroatoms. The van der Waals surface area contributed by atoms with Gasteiger partial charge < -0.3 is 5.32 Å². The maximum Gasteiger partial charge on any atom is 0.255 e. The van der Waals surface area contributed by atoms with Gasteiger partial charge in [0.25, 0.3) is 5.91 Å². The molecular formula is C23H17N3O2S. The number of carbonyl (C=O) groups excluding carboxylic acids is 2. The number of aromatic nitrogens is 2. The van der Waals surface area contributed by atoms with E-state index < -0.39 is 0 Å². The fourth-order valence-corrected chi connectivity index (χ4v) is 3.74. The maximum atomic E-state index is 12.6. The molecule has 0 radical (unpaired) electrons. The van der Waals surface area contributed by atoms with Crippen LogP contribution in [0.25, 0.3) is 10.8 Å². The number of nitrogens with one attached hydrogen (secondary N) is 1. The second-order valence-corrected chi connectivity index (χ2v) is 7.31. The summed E-state index contributed by atoms with van der Waals surface area (Å²) in [6.07, 6.45) is 1.71. The summed E-state index contributed by atoms with van der Waals surface area (Å²) in [6, 6.07) is 23.7. The zero-order valence-electron chi connectivity index (χ0n) is 15.4. The van der Waals surface area contributed by atoms with Crippen LogP contribution in [0.1, 0.15) is 20.7 Å². The predicted molar refractivity (Wildman–Crippen MR) is 115 cm³/mol. The molecule has 0 aliphatic heterocycles. The van der Waals surface area contributed by atoms with Crippen LogP contribution in [0, 0.1) is 0 Å². The van der Waals surface area contributed by atoms with Gasteiger partial charge in [-0.3, -0.25) is 9.59 Å². The lowest BCUT2D eigenvalue weighted by Gasteiger charge is -2.07. The van der Waals surface area contributed by atoms with Gasteiger partial charge in [-0.1, -0.05) is 54.2 Å². The van der Waals surface area contributed by atoms with Crippen LogP contribution in [0.15, 0.2) is 90.1 Å². The summed E-state index contributed by atoms with van der Waals surface area (Å²) in [5, 5.41) is 13.7. The molecule has 4 aromatic rings.